The molecule has 2 amide bonds. The zero-order valence-corrected chi connectivity index (χ0v) is 10.9. The van der Waals surface area contributed by atoms with Crippen LogP contribution in [-0.2, 0) is 11.3 Å². The van der Waals surface area contributed by atoms with Crippen LogP contribution in [0.3, 0.4) is 0 Å². The number of hydrogen-bond acceptors (Lipinski definition) is 3. The highest BCUT2D eigenvalue weighted by Gasteiger charge is 2.04. The molecule has 5 nitrogen and oxygen atoms in total. The molecule has 0 unspecified atom stereocenters. The minimum Gasteiger partial charge on any atom is -0.380 e. The summed E-state index contributed by atoms with van der Waals surface area (Å²) >= 11 is 0. The molecule has 2 rings (SSSR count). The molecule has 2 N–H and O–H groups in total. The number of aromatic nitrogens is 1. The zero-order valence-electron chi connectivity index (χ0n) is 10.9. The number of hydrogen-bond donors (Lipinski definition) is 2. The summed E-state index contributed by atoms with van der Waals surface area (Å²) in [5.74, 6) is -0.180. The molecule has 0 saturated heterocycles. The Balaban J connectivity index is 1.97. The molecule has 1 aromatic heterocycles. The number of carbonyl (C=O) groups excluding carboxylic acids is 1. The van der Waals surface area contributed by atoms with Crippen LogP contribution in [0.25, 0.3) is 0 Å². The van der Waals surface area contributed by atoms with Gasteiger partial charge in [0.1, 0.15) is 11.6 Å². The minimum absolute atomic E-state index is 0.275. The van der Waals surface area contributed by atoms with Crippen molar-refractivity contribution in [1.29, 1.82) is 0 Å². The molecule has 2 aromatic rings. The molecule has 0 atom stereocenters. The third kappa shape index (κ3) is 4.03. The highest BCUT2D eigenvalue weighted by atomic mass is 19.1. The number of halogens is 1. The van der Waals surface area contributed by atoms with E-state index in [0.29, 0.717) is 12.3 Å². The Labute approximate surface area is 115 Å². The molecular weight excluding hydrogens is 261 g/mol. The summed E-state index contributed by atoms with van der Waals surface area (Å²) < 4.78 is 17.7. The molecule has 0 aliphatic heterocycles. The van der Waals surface area contributed by atoms with Crippen molar-refractivity contribution < 1.29 is 13.9 Å². The smallest absolute Gasteiger partial charge is 0.324 e. The van der Waals surface area contributed by atoms with E-state index in [4.69, 9.17) is 4.74 Å². The lowest BCUT2D eigenvalue weighted by atomic mass is 10.2. The molecule has 6 heteroatoms. The number of nitrogens with one attached hydrogen (secondary N) is 2. The van der Waals surface area contributed by atoms with Crippen LogP contribution in [0.2, 0.25) is 0 Å². The topological polar surface area (TPSA) is 63.2 Å². The number of pyridine rings is 1. The molecule has 20 heavy (non-hydrogen) atoms. The number of ether oxygens (including phenoxy) is 1. The van der Waals surface area contributed by atoms with Gasteiger partial charge in [-0.15, -0.1) is 0 Å². The van der Waals surface area contributed by atoms with Gasteiger partial charge in [-0.3, -0.25) is 5.32 Å². The second-order valence-electron chi connectivity index (χ2n) is 4.07. The lowest BCUT2D eigenvalue weighted by molar-refractivity contribution is 0.185. The van der Waals surface area contributed by atoms with Gasteiger partial charge in [-0.25, -0.2) is 14.2 Å². The SMILES string of the molecule is COCc1cccc(NC(=O)Nc2ccc(F)cn2)c1. The third-order valence-electron chi connectivity index (χ3n) is 2.46. The first-order valence-corrected chi connectivity index (χ1v) is 5.95. The zero-order chi connectivity index (χ0) is 14.4. The van der Waals surface area contributed by atoms with Gasteiger partial charge in [0, 0.05) is 12.8 Å². The number of carbonyl (C=O) groups is 1. The highest BCUT2D eigenvalue weighted by molar-refractivity contribution is 5.99. The Hall–Kier alpha value is -2.47. The Kier molecular flexibility index (Phi) is 4.62. The van der Waals surface area contributed by atoms with Gasteiger partial charge >= 0.3 is 6.03 Å². The van der Waals surface area contributed by atoms with E-state index in [9.17, 15) is 9.18 Å². The summed E-state index contributed by atoms with van der Waals surface area (Å²) in [5.41, 5.74) is 1.59. The molecular formula is C14H14FN3O2. The number of urea groups is 1. The highest BCUT2D eigenvalue weighted by Crippen LogP contribution is 2.12. The molecule has 0 bridgehead atoms. The lowest BCUT2D eigenvalue weighted by Gasteiger charge is -2.08. The van der Waals surface area contributed by atoms with Crippen molar-refractivity contribution >= 4 is 17.5 Å². The van der Waals surface area contributed by atoms with Gasteiger partial charge in [-0.1, -0.05) is 12.1 Å². The predicted molar refractivity (Wildman–Crippen MR) is 74.0 cm³/mol. The van der Waals surface area contributed by atoms with Crippen LogP contribution >= 0.6 is 0 Å². The van der Waals surface area contributed by atoms with Crippen molar-refractivity contribution in [3.8, 4) is 0 Å². The second kappa shape index (κ2) is 6.63. The largest absolute Gasteiger partial charge is 0.380 e. The minimum atomic E-state index is -0.455. The molecule has 0 aliphatic carbocycles. The average Bonchev–Trinajstić information content (AvgIpc) is 2.42. The Morgan fingerprint density at radius 2 is 2.15 bits per heavy atom. The number of amides is 2. The van der Waals surface area contributed by atoms with Gasteiger partial charge in [-0.05, 0) is 29.8 Å². The number of rotatable bonds is 4. The predicted octanol–water partition coefficient (Wildman–Crippen LogP) is 3.01. The second-order valence-corrected chi connectivity index (χ2v) is 4.07. The average molecular weight is 275 g/mol. The maximum absolute atomic E-state index is 12.7. The molecule has 1 heterocycles. The molecule has 104 valence electrons. The van der Waals surface area contributed by atoms with Gasteiger partial charge in [0.15, 0.2) is 0 Å². The van der Waals surface area contributed by atoms with Gasteiger partial charge in [0.2, 0.25) is 0 Å². The quantitative estimate of drug-likeness (QED) is 0.901. The van der Waals surface area contributed by atoms with E-state index in [0.717, 1.165) is 11.8 Å². The Bertz CT molecular complexity index is 587. The van der Waals surface area contributed by atoms with E-state index >= 15 is 0 Å². The fraction of sp³-hybridized carbons (Fsp3) is 0.143. The lowest BCUT2D eigenvalue weighted by Crippen LogP contribution is -2.20. The summed E-state index contributed by atoms with van der Waals surface area (Å²) in [7, 11) is 1.60. The number of benzene rings is 1. The monoisotopic (exact) mass is 275 g/mol. The normalized spacial score (nSPS) is 10.1. The van der Waals surface area contributed by atoms with Crippen LogP contribution in [-0.4, -0.2) is 18.1 Å². The summed E-state index contributed by atoms with van der Waals surface area (Å²) in [4.78, 5) is 15.5. The first-order valence-electron chi connectivity index (χ1n) is 5.95. The summed E-state index contributed by atoms with van der Waals surface area (Å²) in [6.07, 6.45) is 1.04. The van der Waals surface area contributed by atoms with Crippen molar-refractivity contribution in [1.82, 2.24) is 4.98 Å². The van der Waals surface area contributed by atoms with Crippen molar-refractivity contribution in [2.45, 2.75) is 6.61 Å². The van der Waals surface area contributed by atoms with Gasteiger partial charge in [-0.2, -0.15) is 0 Å². The molecule has 0 saturated carbocycles. The van der Waals surface area contributed by atoms with E-state index in [1.165, 1.54) is 12.1 Å². The van der Waals surface area contributed by atoms with E-state index < -0.39 is 11.8 Å². The van der Waals surface area contributed by atoms with Gasteiger partial charge in [0.25, 0.3) is 0 Å². The first-order chi connectivity index (χ1) is 9.67. The van der Waals surface area contributed by atoms with Crippen LogP contribution in [0.15, 0.2) is 42.6 Å². The van der Waals surface area contributed by atoms with E-state index in [1.807, 2.05) is 12.1 Å². The van der Waals surface area contributed by atoms with Gasteiger partial charge < -0.3 is 10.1 Å². The van der Waals surface area contributed by atoms with Crippen LogP contribution in [0.4, 0.5) is 20.7 Å². The number of nitrogens with zero attached hydrogens (tertiary/aromatic N) is 1. The standard InChI is InChI=1S/C14H14FN3O2/c1-20-9-10-3-2-4-12(7-10)17-14(19)18-13-6-5-11(15)8-16-13/h2-8H,9H2,1H3,(H2,16,17,18,19). The molecule has 1 aromatic carbocycles. The first kappa shape index (κ1) is 14.0. The molecule has 0 fully saturated rings. The van der Waals surface area contributed by atoms with Crippen LogP contribution < -0.4 is 10.6 Å². The summed E-state index contributed by atoms with van der Waals surface area (Å²) in [5, 5.41) is 5.17. The van der Waals surface area contributed by atoms with Gasteiger partial charge in [0.05, 0.1) is 12.8 Å². The molecule has 0 radical (unpaired) electrons. The molecule has 0 spiro atoms. The van der Waals surface area contributed by atoms with Crippen molar-refractivity contribution in [2.75, 3.05) is 17.7 Å². The van der Waals surface area contributed by atoms with Crippen LogP contribution in [0, 0.1) is 5.82 Å². The number of anilines is 2. The van der Waals surface area contributed by atoms with Crippen LogP contribution in [0.1, 0.15) is 5.56 Å². The number of methoxy groups -OCH3 is 1. The summed E-state index contributed by atoms with van der Waals surface area (Å²) in [6.45, 7) is 0.469. The van der Waals surface area contributed by atoms with Crippen molar-refractivity contribution in [3.63, 3.8) is 0 Å². The van der Waals surface area contributed by atoms with Crippen LogP contribution in [0.5, 0.6) is 0 Å². The van der Waals surface area contributed by atoms with E-state index in [-0.39, 0.29) is 5.82 Å². The van der Waals surface area contributed by atoms with E-state index in [2.05, 4.69) is 15.6 Å². The maximum atomic E-state index is 12.7. The molecule has 0 aliphatic rings. The summed E-state index contributed by atoms with van der Waals surface area (Å²) in [6, 6.07) is 9.45. The maximum Gasteiger partial charge on any atom is 0.324 e. The Morgan fingerprint density at radius 3 is 2.85 bits per heavy atom. The van der Waals surface area contributed by atoms with Crippen molar-refractivity contribution in [3.05, 3.63) is 54.0 Å². The fourth-order valence-corrected chi connectivity index (χ4v) is 1.63. The Morgan fingerprint density at radius 1 is 1.30 bits per heavy atom. The van der Waals surface area contributed by atoms with E-state index in [1.54, 1.807) is 19.2 Å². The third-order valence-corrected chi connectivity index (χ3v) is 2.46. The fourth-order valence-electron chi connectivity index (χ4n) is 1.63. The van der Waals surface area contributed by atoms with Crippen molar-refractivity contribution in [2.24, 2.45) is 0 Å².